The number of ether oxygens (including phenoxy) is 2. The fraction of sp³-hybridized carbons (Fsp3) is 0.920. The van der Waals surface area contributed by atoms with E-state index in [-0.39, 0.29) is 6.61 Å². The van der Waals surface area contributed by atoms with Crippen LogP contribution in [0.25, 0.3) is 0 Å². The highest BCUT2D eigenvalue weighted by molar-refractivity contribution is 4.88. The molecule has 1 heterocycles. The van der Waals surface area contributed by atoms with Gasteiger partial charge in [0.15, 0.2) is 0 Å². The zero-order chi connectivity index (χ0) is 21.9. The van der Waals surface area contributed by atoms with Gasteiger partial charge in [-0.15, -0.1) is 0 Å². The first-order valence-electron chi connectivity index (χ1n) is 12.6. The number of allylic oxidation sites excluding steroid dienone is 2. The number of hydrogen-bond donors (Lipinski definition) is 3. The lowest BCUT2D eigenvalue weighted by Gasteiger charge is -2.20. The predicted octanol–water partition coefficient (Wildman–Crippen LogP) is 4.91. The standard InChI is InChI=1S/C25H48O5/c1-2-3-4-5-6-7-8-9-10-11-12-13-14-15-16-17-18-19-29-23-21-30-25(24(23)28)22(27)20-26/h7-8,22-28H,2-6,9-21H2,1H3/b8-7+/t22-,23+,24-,25-/m1/s1. The lowest BCUT2D eigenvalue weighted by atomic mass is 10.1. The van der Waals surface area contributed by atoms with Crippen molar-refractivity contribution in [1.29, 1.82) is 0 Å². The van der Waals surface area contributed by atoms with Crippen LogP contribution in [0.15, 0.2) is 12.2 Å². The van der Waals surface area contributed by atoms with Crippen molar-refractivity contribution >= 4 is 0 Å². The molecule has 1 rings (SSSR count). The van der Waals surface area contributed by atoms with Crippen molar-refractivity contribution in [3.05, 3.63) is 12.2 Å². The van der Waals surface area contributed by atoms with Crippen LogP contribution >= 0.6 is 0 Å². The Kier molecular flexibility index (Phi) is 17.7. The summed E-state index contributed by atoms with van der Waals surface area (Å²) in [7, 11) is 0. The molecule has 0 saturated carbocycles. The van der Waals surface area contributed by atoms with Crippen LogP contribution in [0.3, 0.4) is 0 Å². The third kappa shape index (κ3) is 13.1. The van der Waals surface area contributed by atoms with E-state index in [0.29, 0.717) is 6.61 Å². The molecule has 178 valence electrons. The highest BCUT2D eigenvalue weighted by atomic mass is 16.6. The number of rotatable bonds is 20. The molecule has 0 aromatic carbocycles. The van der Waals surface area contributed by atoms with Gasteiger partial charge < -0.3 is 24.8 Å². The minimum absolute atomic E-state index is 0.275. The summed E-state index contributed by atoms with van der Waals surface area (Å²) in [6.45, 7) is 2.73. The summed E-state index contributed by atoms with van der Waals surface area (Å²) in [4.78, 5) is 0. The first-order valence-corrected chi connectivity index (χ1v) is 12.6. The summed E-state index contributed by atoms with van der Waals surface area (Å²) < 4.78 is 11.0. The molecule has 0 bridgehead atoms. The molecule has 1 aliphatic rings. The van der Waals surface area contributed by atoms with E-state index in [1.165, 1.54) is 83.5 Å². The van der Waals surface area contributed by atoms with Gasteiger partial charge in [0.05, 0.1) is 13.2 Å². The summed E-state index contributed by atoms with van der Waals surface area (Å²) in [5, 5.41) is 28.6. The monoisotopic (exact) mass is 428 g/mol. The maximum Gasteiger partial charge on any atom is 0.114 e. The minimum Gasteiger partial charge on any atom is -0.394 e. The number of unbranched alkanes of at least 4 members (excludes halogenated alkanes) is 13. The van der Waals surface area contributed by atoms with Crippen molar-refractivity contribution in [2.45, 2.75) is 128 Å². The second-order valence-corrected chi connectivity index (χ2v) is 8.74. The van der Waals surface area contributed by atoms with Crippen molar-refractivity contribution < 1.29 is 24.8 Å². The summed E-state index contributed by atoms with van der Waals surface area (Å²) in [5.41, 5.74) is 0. The van der Waals surface area contributed by atoms with Crippen molar-refractivity contribution in [3.63, 3.8) is 0 Å². The average Bonchev–Trinajstić information content (AvgIpc) is 3.12. The SMILES string of the molecule is CCCCCC/C=C/CCCCCCCCCCCO[C@H]1CO[C@H]([C@H](O)CO)[C@@H]1O. The van der Waals surface area contributed by atoms with Gasteiger partial charge in [0.25, 0.3) is 0 Å². The molecule has 0 unspecified atom stereocenters. The lowest BCUT2D eigenvalue weighted by Crippen LogP contribution is -2.41. The molecule has 5 nitrogen and oxygen atoms in total. The van der Waals surface area contributed by atoms with Crippen LogP contribution in [0.2, 0.25) is 0 Å². The predicted molar refractivity (Wildman–Crippen MR) is 123 cm³/mol. The van der Waals surface area contributed by atoms with Gasteiger partial charge in [-0.3, -0.25) is 0 Å². The van der Waals surface area contributed by atoms with Gasteiger partial charge in [-0.25, -0.2) is 0 Å². The topological polar surface area (TPSA) is 79.2 Å². The average molecular weight is 429 g/mol. The van der Waals surface area contributed by atoms with Crippen molar-refractivity contribution in [1.82, 2.24) is 0 Å². The van der Waals surface area contributed by atoms with Gasteiger partial charge in [-0.1, -0.05) is 83.3 Å². The van der Waals surface area contributed by atoms with E-state index in [2.05, 4.69) is 19.1 Å². The van der Waals surface area contributed by atoms with E-state index in [1.807, 2.05) is 0 Å². The Balaban J connectivity index is 1.80. The first-order chi connectivity index (χ1) is 14.7. The molecule has 30 heavy (non-hydrogen) atoms. The highest BCUT2D eigenvalue weighted by Gasteiger charge is 2.40. The van der Waals surface area contributed by atoms with Gasteiger partial charge >= 0.3 is 0 Å². The van der Waals surface area contributed by atoms with E-state index in [1.54, 1.807) is 0 Å². The molecule has 4 atom stereocenters. The van der Waals surface area contributed by atoms with E-state index in [0.717, 1.165) is 12.8 Å². The Hall–Kier alpha value is -0.460. The molecule has 0 aliphatic carbocycles. The Labute approximate surface area is 184 Å². The van der Waals surface area contributed by atoms with Gasteiger partial charge in [0, 0.05) is 6.61 Å². The molecule has 1 fully saturated rings. The Morgan fingerprint density at radius 3 is 1.97 bits per heavy atom. The van der Waals surface area contributed by atoms with Gasteiger partial charge in [-0.2, -0.15) is 0 Å². The van der Waals surface area contributed by atoms with Gasteiger partial charge in [-0.05, 0) is 32.1 Å². The summed E-state index contributed by atoms with van der Waals surface area (Å²) in [6.07, 6.45) is 21.0. The van der Waals surface area contributed by atoms with Crippen LogP contribution in [0.5, 0.6) is 0 Å². The largest absolute Gasteiger partial charge is 0.394 e. The van der Waals surface area contributed by atoms with Crippen LogP contribution in [0.4, 0.5) is 0 Å². The molecule has 0 amide bonds. The van der Waals surface area contributed by atoms with Gasteiger partial charge in [0.1, 0.15) is 24.4 Å². The molecule has 0 radical (unpaired) electrons. The smallest absolute Gasteiger partial charge is 0.114 e. The first kappa shape index (κ1) is 27.6. The summed E-state index contributed by atoms with van der Waals surface area (Å²) in [6, 6.07) is 0. The maximum atomic E-state index is 10.1. The second-order valence-electron chi connectivity index (χ2n) is 8.74. The van der Waals surface area contributed by atoms with Crippen molar-refractivity contribution in [3.8, 4) is 0 Å². The summed E-state index contributed by atoms with van der Waals surface area (Å²) >= 11 is 0. The molecule has 1 saturated heterocycles. The molecule has 5 heteroatoms. The van der Waals surface area contributed by atoms with Crippen LogP contribution in [-0.4, -0.2) is 59.6 Å². The molecule has 0 aromatic rings. The van der Waals surface area contributed by atoms with Crippen LogP contribution < -0.4 is 0 Å². The fourth-order valence-corrected chi connectivity index (χ4v) is 3.97. The number of hydrogen-bond acceptors (Lipinski definition) is 5. The fourth-order valence-electron chi connectivity index (χ4n) is 3.97. The highest BCUT2D eigenvalue weighted by Crippen LogP contribution is 2.20. The number of aliphatic hydroxyl groups excluding tert-OH is 3. The lowest BCUT2D eigenvalue weighted by molar-refractivity contribution is -0.0730. The zero-order valence-corrected chi connectivity index (χ0v) is 19.4. The third-order valence-electron chi connectivity index (χ3n) is 5.97. The Bertz CT molecular complexity index is 401. The molecule has 0 spiro atoms. The van der Waals surface area contributed by atoms with Crippen LogP contribution in [-0.2, 0) is 9.47 Å². The maximum absolute atomic E-state index is 10.1. The van der Waals surface area contributed by atoms with Crippen molar-refractivity contribution in [2.75, 3.05) is 19.8 Å². The van der Waals surface area contributed by atoms with Crippen LogP contribution in [0.1, 0.15) is 103 Å². The molecule has 3 N–H and O–H groups in total. The van der Waals surface area contributed by atoms with Gasteiger partial charge in [0.2, 0.25) is 0 Å². The zero-order valence-electron chi connectivity index (χ0n) is 19.4. The molecule has 0 aromatic heterocycles. The van der Waals surface area contributed by atoms with E-state index >= 15 is 0 Å². The molecular weight excluding hydrogens is 380 g/mol. The Morgan fingerprint density at radius 1 is 0.867 bits per heavy atom. The molecule has 1 aliphatic heterocycles. The van der Waals surface area contributed by atoms with Crippen molar-refractivity contribution in [2.24, 2.45) is 0 Å². The van der Waals surface area contributed by atoms with E-state index in [4.69, 9.17) is 14.6 Å². The molecular formula is C25H48O5. The van der Waals surface area contributed by atoms with Crippen LogP contribution in [0, 0.1) is 0 Å². The quantitative estimate of drug-likeness (QED) is 0.190. The second kappa shape index (κ2) is 19.2. The van der Waals surface area contributed by atoms with E-state index in [9.17, 15) is 10.2 Å². The number of aliphatic hydroxyl groups is 3. The summed E-state index contributed by atoms with van der Waals surface area (Å²) in [5.74, 6) is 0. The third-order valence-corrected chi connectivity index (χ3v) is 5.97. The van der Waals surface area contributed by atoms with E-state index < -0.39 is 31.0 Å². The Morgan fingerprint density at radius 2 is 1.40 bits per heavy atom. The normalized spacial score (nSPS) is 22.9. The minimum atomic E-state index is -1.05.